The third kappa shape index (κ3) is 5.69. The number of hydrogen-bond acceptors (Lipinski definition) is 5. The van der Waals surface area contributed by atoms with Gasteiger partial charge in [-0.05, 0) is 0 Å². The molecule has 0 radical (unpaired) electrons. The van der Waals surface area contributed by atoms with Crippen LogP contribution in [0.2, 0.25) is 0 Å². The van der Waals surface area contributed by atoms with Gasteiger partial charge in [0.25, 0.3) is 0 Å². The Hall–Kier alpha value is -0.812. The number of nitrogens with two attached hydrogens (primary N) is 1. The average molecular weight is 330 g/mol. The van der Waals surface area contributed by atoms with Crippen LogP contribution in [0.4, 0.5) is 5.69 Å². The first-order chi connectivity index (χ1) is 8.65. The first kappa shape index (κ1) is 15.2. The second-order valence-corrected chi connectivity index (χ2v) is 6.26. The van der Waals surface area contributed by atoms with Gasteiger partial charge in [-0.25, -0.2) is 0 Å². The van der Waals surface area contributed by atoms with Crippen molar-refractivity contribution in [3.63, 3.8) is 0 Å². The standard InChI is InChI=1S/C11H15AsN2O3S/c13-9(5-15)6-18-7-11(16)14-10-3-1-8(12-17)2-4-10/h1-5,9,12,17H,6-7,13H2,(H,14,16)/t9-/m1/s1. The number of amides is 1. The number of hydrogen-bond donors (Lipinski definition) is 3. The molecule has 0 aliphatic heterocycles. The zero-order valence-electron chi connectivity index (χ0n) is 9.63. The Morgan fingerprint density at radius 3 is 2.72 bits per heavy atom. The van der Waals surface area contributed by atoms with Gasteiger partial charge in [0, 0.05) is 0 Å². The van der Waals surface area contributed by atoms with Crippen molar-refractivity contribution in [1.82, 2.24) is 0 Å². The van der Waals surface area contributed by atoms with Gasteiger partial charge in [-0.15, -0.1) is 0 Å². The molecule has 1 rings (SSSR count). The zero-order chi connectivity index (χ0) is 13.4. The molecule has 0 saturated heterocycles. The second kappa shape index (κ2) is 8.32. The fourth-order valence-electron chi connectivity index (χ4n) is 1.15. The van der Waals surface area contributed by atoms with Gasteiger partial charge in [0.05, 0.1) is 0 Å². The van der Waals surface area contributed by atoms with Gasteiger partial charge >= 0.3 is 117 Å². The van der Waals surface area contributed by atoms with Gasteiger partial charge in [0.1, 0.15) is 0 Å². The molecule has 1 aromatic rings. The van der Waals surface area contributed by atoms with Crippen LogP contribution in [0.3, 0.4) is 0 Å². The van der Waals surface area contributed by atoms with Crippen LogP contribution in [0.1, 0.15) is 0 Å². The minimum absolute atomic E-state index is 0.133. The van der Waals surface area contributed by atoms with E-state index in [-0.39, 0.29) is 11.7 Å². The van der Waals surface area contributed by atoms with E-state index in [1.165, 1.54) is 11.8 Å². The predicted octanol–water partition coefficient (Wildman–Crippen LogP) is -1.15. The van der Waals surface area contributed by atoms with E-state index < -0.39 is 22.1 Å². The number of nitrogens with one attached hydrogen (secondary N) is 1. The van der Waals surface area contributed by atoms with Gasteiger partial charge in [-0.2, -0.15) is 0 Å². The summed E-state index contributed by atoms with van der Waals surface area (Å²) in [7, 11) is 0. The van der Waals surface area contributed by atoms with E-state index >= 15 is 0 Å². The fourth-order valence-corrected chi connectivity index (χ4v) is 2.54. The van der Waals surface area contributed by atoms with E-state index in [0.717, 1.165) is 4.35 Å². The molecule has 5 nitrogen and oxygen atoms in total. The molecule has 1 amide bonds. The molecule has 98 valence electrons. The molecule has 1 unspecified atom stereocenters. The third-order valence-corrected chi connectivity index (χ3v) is 4.34. The fraction of sp³-hybridized carbons (Fsp3) is 0.273. The summed E-state index contributed by atoms with van der Waals surface area (Å²) >= 11 is 0.290. The molecule has 0 spiro atoms. The maximum absolute atomic E-state index is 11.5. The first-order valence-corrected chi connectivity index (χ1v) is 8.38. The topological polar surface area (TPSA) is 92.4 Å². The molecule has 0 fully saturated rings. The molecular formula is C11H15AsN2O3S. The van der Waals surface area contributed by atoms with Crippen molar-refractivity contribution >= 4 is 50.1 Å². The van der Waals surface area contributed by atoms with Crippen LogP contribution in [0.25, 0.3) is 0 Å². The summed E-state index contributed by atoms with van der Waals surface area (Å²) in [4.78, 5) is 21.8. The number of carbonyl (C=O) groups excluding carboxylic acids is 2. The summed E-state index contributed by atoms with van der Waals surface area (Å²) < 4.78 is 9.91. The van der Waals surface area contributed by atoms with Crippen LogP contribution < -0.4 is 15.4 Å². The SMILES string of the molecule is N[C@H](C=O)CSCC(=O)Nc1ccc([AsH]O)cc1. The molecule has 0 bridgehead atoms. The van der Waals surface area contributed by atoms with Crippen molar-refractivity contribution in [2.75, 3.05) is 16.8 Å². The van der Waals surface area contributed by atoms with Gasteiger partial charge in [0.2, 0.25) is 0 Å². The molecule has 0 aliphatic carbocycles. The summed E-state index contributed by atoms with van der Waals surface area (Å²) in [6.07, 6.45) is 0.669. The van der Waals surface area contributed by atoms with Crippen LogP contribution in [0, 0.1) is 0 Å². The van der Waals surface area contributed by atoms with Crippen molar-refractivity contribution in [2.45, 2.75) is 6.04 Å². The van der Waals surface area contributed by atoms with E-state index in [1.54, 1.807) is 24.3 Å². The maximum atomic E-state index is 11.5. The number of aldehydes is 1. The number of anilines is 1. The molecule has 0 aliphatic rings. The Balaban J connectivity index is 2.32. The van der Waals surface area contributed by atoms with Crippen molar-refractivity contribution in [3.8, 4) is 0 Å². The molecule has 7 heteroatoms. The van der Waals surface area contributed by atoms with Crippen molar-refractivity contribution in [3.05, 3.63) is 24.3 Å². The molecule has 2 atom stereocenters. The number of rotatable bonds is 7. The summed E-state index contributed by atoms with van der Waals surface area (Å²) in [6, 6.07) is 6.59. The van der Waals surface area contributed by atoms with Crippen molar-refractivity contribution < 1.29 is 13.7 Å². The monoisotopic (exact) mass is 330 g/mol. The van der Waals surface area contributed by atoms with E-state index in [1.807, 2.05) is 0 Å². The number of carbonyl (C=O) groups is 2. The van der Waals surface area contributed by atoms with Crippen LogP contribution in [0.5, 0.6) is 0 Å². The van der Waals surface area contributed by atoms with Gasteiger partial charge in [0.15, 0.2) is 0 Å². The summed E-state index contributed by atoms with van der Waals surface area (Å²) in [5.41, 5.74) is 6.10. The van der Waals surface area contributed by atoms with Crippen LogP contribution >= 0.6 is 11.8 Å². The molecule has 0 heterocycles. The third-order valence-electron chi connectivity index (χ3n) is 2.02. The average Bonchev–Trinajstić information content (AvgIpc) is 2.39. The Labute approximate surface area is 117 Å². The van der Waals surface area contributed by atoms with Gasteiger partial charge in [-0.1, -0.05) is 0 Å². The second-order valence-electron chi connectivity index (χ2n) is 3.55. The minimum atomic E-state index is -1.03. The van der Waals surface area contributed by atoms with E-state index in [4.69, 9.17) is 9.83 Å². The summed E-state index contributed by atoms with van der Waals surface area (Å²) in [5.74, 6) is 0.564. The molecule has 1 aromatic carbocycles. The Morgan fingerprint density at radius 2 is 2.17 bits per heavy atom. The quantitative estimate of drug-likeness (QED) is 0.434. The summed E-state index contributed by atoms with van der Waals surface area (Å²) in [6.45, 7) is 0. The molecule has 4 N–H and O–H groups in total. The molecular weight excluding hydrogens is 315 g/mol. The van der Waals surface area contributed by atoms with Gasteiger partial charge in [-0.3, -0.25) is 0 Å². The Morgan fingerprint density at radius 1 is 1.50 bits per heavy atom. The van der Waals surface area contributed by atoms with Crippen molar-refractivity contribution in [1.29, 1.82) is 0 Å². The van der Waals surface area contributed by atoms with Crippen LogP contribution in [-0.2, 0) is 9.59 Å². The molecule has 0 aromatic heterocycles. The van der Waals surface area contributed by atoms with E-state index in [2.05, 4.69) is 5.32 Å². The normalized spacial score (nSPS) is 12.6. The van der Waals surface area contributed by atoms with Crippen LogP contribution in [-0.4, -0.2) is 49.9 Å². The summed E-state index contributed by atoms with van der Waals surface area (Å²) in [5, 5.41) is 2.73. The first-order valence-electron chi connectivity index (χ1n) is 5.24. The molecule has 0 saturated carbocycles. The van der Waals surface area contributed by atoms with Crippen molar-refractivity contribution in [2.24, 2.45) is 5.73 Å². The number of thioether (sulfide) groups is 1. The van der Waals surface area contributed by atoms with Crippen LogP contribution in [0.15, 0.2) is 24.3 Å². The van der Waals surface area contributed by atoms with E-state index in [0.29, 0.717) is 17.7 Å². The number of benzene rings is 1. The van der Waals surface area contributed by atoms with Gasteiger partial charge < -0.3 is 0 Å². The Bertz CT molecular complexity index is 400. The Kier molecular flexibility index (Phi) is 7.05. The predicted molar refractivity (Wildman–Crippen MR) is 75.4 cm³/mol. The van der Waals surface area contributed by atoms with E-state index in [9.17, 15) is 9.59 Å². The zero-order valence-corrected chi connectivity index (χ0v) is 12.5. The molecule has 18 heavy (non-hydrogen) atoms.